The van der Waals surface area contributed by atoms with Crippen molar-refractivity contribution < 1.29 is 18.8 Å². The standard InChI is InChI=1S/C21H20N4O4/c1-12-3-5-14(6-4-12)20-24-19(29-25-20)10-9-18(26)22-15-7-8-17-16(11-15)23-21(27)13(2)28-17/h3-8,11,13H,9-10H2,1-2H3,(H,22,26)(H,23,27). The fourth-order valence-electron chi connectivity index (χ4n) is 2.91. The van der Waals surface area contributed by atoms with Crippen molar-refractivity contribution in [2.45, 2.75) is 32.8 Å². The van der Waals surface area contributed by atoms with Crippen molar-refractivity contribution >= 4 is 23.2 Å². The van der Waals surface area contributed by atoms with Gasteiger partial charge in [-0.2, -0.15) is 4.98 Å². The summed E-state index contributed by atoms with van der Waals surface area (Å²) in [6, 6.07) is 12.9. The fourth-order valence-corrected chi connectivity index (χ4v) is 2.91. The second-order valence-electron chi connectivity index (χ2n) is 6.89. The van der Waals surface area contributed by atoms with E-state index in [9.17, 15) is 9.59 Å². The van der Waals surface area contributed by atoms with Gasteiger partial charge in [-0.05, 0) is 32.0 Å². The zero-order chi connectivity index (χ0) is 20.4. The van der Waals surface area contributed by atoms with Gasteiger partial charge < -0.3 is 19.9 Å². The lowest BCUT2D eigenvalue weighted by atomic mass is 10.1. The summed E-state index contributed by atoms with van der Waals surface area (Å²) >= 11 is 0. The molecule has 4 rings (SSSR count). The lowest BCUT2D eigenvalue weighted by Gasteiger charge is -2.23. The first-order valence-electron chi connectivity index (χ1n) is 9.29. The van der Waals surface area contributed by atoms with Crippen molar-refractivity contribution in [3.8, 4) is 17.1 Å². The van der Waals surface area contributed by atoms with E-state index in [-0.39, 0.29) is 18.2 Å². The molecule has 0 aliphatic carbocycles. The molecular weight excluding hydrogens is 372 g/mol. The fraction of sp³-hybridized carbons (Fsp3) is 0.238. The second kappa shape index (κ2) is 7.75. The van der Waals surface area contributed by atoms with Gasteiger partial charge in [0.05, 0.1) is 5.69 Å². The predicted octanol–water partition coefficient (Wildman–Crippen LogP) is 3.34. The van der Waals surface area contributed by atoms with Crippen LogP contribution in [-0.2, 0) is 16.0 Å². The highest BCUT2D eigenvalue weighted by atomic mass is 16.5. The van der Waals surface area contributed by atoms with E-state index in [0.29, 0.717) is 35.3 Å². The van der Waals surface area contributed by atoms with E-state index < -0.39 is 6.10 Å². The van der Waals surface area contributed by atoms with Crippen LogP contribution in [0.3, 0.4) is 0 Å². The Bertz CT molecular complexity index is 1060. The van der Waals surface area contributed by atoms with Crippen LogP contribution < -0.4 is 15.4 Å². The zero-order valence-corrected chi connectivity index (χ0v) is 16.1. The number of aryl methyl sites for hydroxylation is 2. The third-order valence-corrected chi connectivity index (χ3v) is 4.54. The average molecular weight is 392 g/mol. The molecule has 29 heavy (non-hydrogen) atoms. The summed E-state index contributed by atoms with van der Waals surface area (Å²) < 4.78 is 10.7. The third-order valence-electron chi connectivity index (χ3n) is 4.54. The monoisotopic (exact) mass is 392 g/mol. The molecule has 1 unspecified atom stereocenters. The summed E-state index contributed by atoms with van der Waals surface area (Å²) in [6.45, 7) is 3.68. The molecule has 1 aromatic heterocycles. The Morgan fingerprint density at radius 2 is 2.00 bits per heavy atom. The van der Waals surface area contributed by atoms with Crippen LogP contribution in [0.15, 0.2) is 47.0 Å². The summed E-state index contributed by atoms with van der Waals surface area (Å²) in [5.74, 6) is 1.05. The smallest absolute Gasteiger partial charge is 0.265 e. The van der Waals surface area contributed by atoms with E-state index in [4.69, 9.17) is 9.26 Å². The van der Waals surface area contributed by atoms with Gasteiger partial charge in [0.15, 0.2) is 6.10 Å². The van der Waals surface area contributed by atoms with E-state index >= 15 is 0 Å². The van der Waals surface area contributed by atoms with Gasteiger partial charge in [0.1, 0.15) is 5.75 Å². The van der Waals surface area contributed by atoms with Gasteiger partial charge in [0.25, 0.3) is 5.91 Å². The van der Waals surface area contributed by atoms with Crippen LogP contribution in [0.5, 0.6) is 5.75 Å². The van der Waals surface area contributed by atoms with E-state index in [1.54, 1.807) is 25.1 Å². The molecule has 2 heterocycles. The molecule has 2 aromatic carbocycles. The minimum absolute atomic E-state index is 0.187. The van der Waals surface area contributed by atoms with E-state index in [2.05, 4.69) is 20.8 Å². The largest absolute Gasteiger partial charge is 0.479 e. The lowest BCUT2D eigenvalue weighted by Crippen LogP contribution is -2.34. The van der Waals surface area contributed by atoms with Gasteiger partial charge in [0, 0.05) is 24.1 Å². The molecule has 1 atom stereocenters. The molecule has 0 saturated carbocycles. The number of fused-ring (bicyclic) bond motifs is 1. The summed E-state index contributed by atoms with van der Waals surface area (Å²) in [7, 11) is 0. The third kappa shape index (κ3) is 4.26. The molecule has 0 saturated heterocycles. The van der Waals surface area contributed by atoms with Crippen molar-refractivity contribution in [2.75, 3.05) is 10.6 Å². The van der Waals surface area contributed by atoms with Gasteiger partial charge in [-0.1, -0.05) is 35.0 Å². The lowest BCUT2D eigenvalue weighted by molar-refractivity contribution is -0.122. The highest BCUT2D eigenvalue weighted by Crippen LogP contribution is 2.32. The minimum atomic E-state index is -0.540. The number of carbonyl (C=O) groups excluding carboxylic acids is 2. The number of hydrogen-bond acceptors (Lipinski definition) is 6. The van der Waals surface area contributed by atoms with Crippen molar-refractivity contribution in [1.82, 2.24) is 10.1 Å². The van der Waals surface area contributed by atoms with Gasteiger partial charge in [-0.25, -0.2) is 0 Å². The molecule has 1 aliphatic heterocycles. The normalized spacial score (nSPS) is 15.2. The number of amides is 2. The van der Waals surface area contributed by atoms with E-state index in [0.717, 1.165) is 11.1 Å². The molecule has 8 nitrogen and oxygen atoms in total. The number of rotatable bonds is 5. The van der Waals surface area contributed by atoms with Crippen molar-refractivity contribution in [2.24, 2.45) is 0 Å². The number of nitrogens with one attached hydrogen (secondary N) is 2. The van der Waals surface area contributed by atoms with Crippen LogP contribution in [0.4, 0.5) is 11.4 Å². The summed E-state index contributed by atoms with van der Waals surface area (Å²) in [4.78, 5) is 28.3. The van der Waals surface area contributed by atoms with Crippen LogP contribution in [-0.4, -0.2) is 28.1 Å². The van der Waals surface area contributed by atoms with Gasteiger partial charge >= 0.3 is 0 Å². The Morgan fingerprint density at radius 1 is 1.21 bits per heavy atom. The highest BCUT2D eigenvalue weighted by molar-refractivity contribution is 5.99. The zero-order valence-electron chi connectivity index (χ0n) is 16.1. The number of hydrogen-bond donors (Lipinski definition) is 2. The van der Waals surface area contributed by atoms with Gasteiger partial charge in [-0.15, -0.1) is 0 Å². The van der Waals surface area contributed by atoms with Gasteiger partial charge in [0.2, 0.25) is 17.6 Å². The molecular formula is C21H20N4O4. The Kier molecular flexibility index (Phi) is 4.99. The van der Waals surface area contributed by atoms with Crippen molar-refractivity contribution in [3.05, 3.63) is 53.9 Å². The van der Waals surface area contributed by atoms with Crippen LogP contribution in [0.25, 0.3) is 11.4 Å². The SMILES string of the molecule is Cc1ccc(-c2noc(CCC(=O)Nc3ccc4c(c3)NC(=O)C(C)O4)n2)cc1. The number of carbonyl (C=O) groups is 2. The maximum Gasteiger partial charge on any atom is 0.265 e. The molecule has 0 fully saturated rings. The summed E-state index contributed by atoms with van der Waals surface area (Å²) in [5, 5.41) is 9.52. The quantitative estimate of drug-likeness (QED) is 0.690. The molecule has 0 spiro atoms. The highest BCUT2D eigenvalue weighted by Gasteiger charge is 2.23. The van der Waals surface area contributed by atoms with Crippen LogP contribution >= 0.6 is 0 Å². The average Bonchev–Trinajstić information content (AvgIpc) is 3.17. The molecule has 3 aromatic rings. The number of anilines is 2. The van der Waals surface area contributed by atoms with Crippen molar-refractivity contribution in [1.29, 1.82) is 0 Å². The van der Waals surface area contributed by atoms with Gasteiger partial charge in [-0.3, -0.25) is 9.59 Å². The number of ether oxygens (including phenoxy) is 1. The molecule has 148 valence electrons. The first kappa shape index (κ1) is 18.7. The molecule has 8 heteroatoms. The topological polar surface area (TPSA) is 106 Å². The van der Waals surface area contributed by atoms with E-state index in [1.807, 2.05) is 31.2 Å². The first-order valence-corrected chi connectivity index (χ1v) is 9.29. The Balaban J connectivity index is 1.34. The Morgan fingerprint density at radius 3 is 2.79 bits per heavy atom. The maximum absolute atomic E-state index is 12.3. The molecule has 2 N–H and O–H groups in total. The van der Waals surface area contributed by atoms with Crippen LogP contribution in [0, 0.1) is 6.92 Å². The van der Waals surface area contributed by atoms with Crippen molar-refractivity contribution in [3.63, 3.8) is 0 Å². The maximum atomic E-state index is 12.3. The summed E-state index contributed by atoms with van der Waals surface area (Å²) in [6.07, 6.45) is -0.0263. The molecule has 1 aliphatic rings. The molecule has 0 radical (unpaired) electrons. The Labute approximate surface area is 167 Å². The van der Waals surface area contributed by atoms with E-state index in [1.165, 1.54) is 0 Å². The minimum Gasteiger partial charge on any atom is -0.479 e. The van der Waals surface area contributed by atoms with Crippen LogP contribution in [0.1, 0.15) is 24.8 Å². The van der Waals surface area contributed by atoms with Crippen LogP contribution in [0.2, 0.25) is 0 Å². The number of benzene rings is 2. The number of aromatic nitrogens is 2. The first-order chi connectivity index (χ1) is 14.0. The predicted molar refractivity (Wildman–Crippen MR) is 107 cm³/mol. The molecule has 0 bridgehead atoms. The summed E-state index contributed by atoms with van der Waals surface area (Å²) in [5.41, 5.74) is 3.11. The number of nitrogens with zero attached hydrogens (tertiary/aromatic N) is 2. The molecule has 2 amide bonds. The second-order valence-corrected chi connectivity index (χ2v) is 6.89. The Hall–Kier alpha value is -3.68.